The van der Waals surface area contributed by atoms with Crippen molar-refractivity contribution in [1.29, 1.82) is 0 Å². The number of benzene rings is 1. The maximum atomic E-state index is 12.4. The molecule has 0 aliphatic rings. The van der Waals surface area contributed by atoms with Crippen molar-refractivity contribution in [2.75, 3.05) is 0 Å². The van der Waals surface area contributed by atoms with Crippen molar-refractivity contribution in [3.63, 3.8) is 0 Å². The molecular formula is C9H3Cl2F3N2. The third-order valence-corrected chi connectivity index (χ3v) is 2.58. The van der Waals surface area contributed by atoms with Crippen LogP contribution in [0.4, 0.5) is 13.2 Å². The summed E-state index contributed by atoms with van der Waals surface area (Å²) >= 11 is 11.3. The van der Waals surface area contributed by atoms with Crippen molar-refractivity contribution < 1.29 is 13.2 Å². The van der Waals surface area contributed by atoms with Crippen LogP contribution in [0.2, 0.25) is 10.3 Å². The van der Waals surface area contributed by atoms with E-state index in [1.165, 1.54) is 6.07 Å². The van der Waals surface area contributed by atoms with Crippen LogP contribution >= 0.6 is 23.2 Å². The van der Waals surface area contributed by atoms with Gasteiger partial charge in [0, 0.05) is 10.8 Å². The molecule has 2 rings (SSSR count). The largest absolute Gasteiger partial charge is 0.416 e. The molecule has 1 aromatic heterocycles. The minimum Gasteiger partial charge on any atom is -0.166 e. The molecule has 0 atom stereocenters. The van der Waals surface area contributed by atoms with E-state index in [4.69, 9.17) is 23.2 Å². The van der Waals surface area contributed by atoms with Crippen LogP contribution in [-0.2, 0) is 6.18 Å². The minimum absolute atomic E-state index is 0.0214. The molecule has 1 heterocycles. The lowest BCUT2D eigenvalue weighted by Gasteiger charge is -2.08. The molecule has 0 aliphatic carbocycles. The predicted molar refractivity (Wildman–Crippen MR) is 54.6 cm³/mol. The van der Waals surface area contributed by atoms with Gasteiger partial charge in [0.1, 0.15) is 0 Å². The van der Waals surface area contributed by atoms with Crippen LogP contribution in [0.15, 0.2) is 18.2 Å². The molecule has 84 valence electrons. The van der Waals surface area contributed by atoms with Gasteiger partial charge in [-0.1, -0.05) is 29.3 Å². The summed E-state index contributed by atoms with van der Waals surface area (Å²) in [7, 11) is 0. The van der Waals surface area contributed by atoms with E-state index in [2.05, 4.69) is 10.2 Å². The molecular weight excluding hydrogens is 264 g/mol. The number of hydrogen-bond acceptors (Lipinski definition) is 2. The summed E-state index contributed by atoms with van der Waals surface area (Å²) in [6, 6.07) is 3.05. The van der Waals surface area contributed by atoms with Gasteiger partial charge in [0.15, 0.2) is 10.3 Å². The summed E-state index contributed by atoms with van der Waals surface area (Å²) in [5.74, 6) is 0. The normalized spacial score (nSPS) is 12.1. The Bertz CT molecular complexity index is 554. The van der Waals surface area contributed by atoms with Crippen LogP contribution in [0.25, 0.3) is 10.8 Å². The second-order valence-electron chi connectivity index (χ2n) is 3.04. The van der Waals surface area contributed by atoms with Gasteiger partial charge >= 0.3 is 6.18 Å². The first-order valence-corrected chi connectivity index (χ1v) is 4.84. The molecule has 0 aliphatic heterocycles. The molecule has 0 radical (unpaired) electrons. The third-order valence-electron chi connectivity index (χ3n) is 2.02. The number of aromatic nitrogens is 2. The fourth-order valence-corrected chi connectivity index (χ4v) is 1.66. The molecule has 1 aromatic carbocycles. The second kappa shape index (κ2) is 3.75. The van der Waals surface area contributed by atoms with E-state index >= 15 is 0 Å². The van der Waals surface area contributed by atoms with Gasteiger partial charge in [0.2, 0.25) is 0 Å². The molecule has 0 bridgehead atoms. The average Bonchev–Trinajstić information content (AvgIpc) is 2.22. The fraction of sp³-hybridized carbons (Fsp3) is 0.111. The molecule has 0 spiro atoms. The highest BCUT2D eigenvalue weighted by Crippen LogP contribution is 2.34. The van der Waals surface area contributed by atoms with Crippen molar-refractivity contribution in [2.45, 2.75) is 6.18 Å². The quantitative estimate of drug-likeness (QED) is 0.722. The van der Waals surface area contributed by atoms with E-state index in [1.807, 2.05) is 0 Å². The highest BCUT2D eigenvalue weighted by molar-refractivity contribution is 6.38. The van der Waals surface area contributed by atoms with Crippen molar-refractivity contribution in [3.05, 3.63) is 34.1 Å². The number of alkyl halides is 3. The number of nitrogens with zero attached hydrogens (tertiary/aromatic N) is 2. The molecule has 0 unspecified atom stereocenters. The molecule has 0 saturated heterocycles. The van der Waals surface area contributed by atoms with Gasteiger partial charge in [-0.15, -0.1) is 10.2 Å². The smallest absolute Gasteiger partial charge is 0.166 e. The van der Waals surface area contributed by atoms with Gasteiger partial charge in [-0.3, -0.25) is 0 Å². The number of halogens is 5. The van der Waals surface area contributed by atoms with Crippen LogP contribution in [0.5, 0.6) is 0 Å². The van der Waals surface area contributed by atoms with Gasteiger partial charge < -0.3 is 0 Å². The molecule has 0 saturated carbocycles. The lowest BCUT2D eigenvalue weighted by atomic mass is 10.1. The first kappa shape index (κ1) is 11.4. The van der Waals surface area contributed by atoms with Crippen LogP contribution in [0, 0.1) is 0 Å². The van der Waals surface area contributed by atoms with E-state index in [0.29, 0.717) is 5.39 Å². The van der Waals surface area contributed by atoms with E-state index < -0.39 is 11.7 Å². The zero-order valence-corrected chi connectivity index (χ0v) is 9.03. The molecule has 0 fully saturated rings. The topological polar surface area (TPSA) is 25.8 Å². The zero-order valence-electron chi connectivity index (χ0n) is 7.52. The summed E-state index contributed by atoms with van der Waals surface area (Å²) in [5.41, 5.74) is -0.800. The predicted octanol–water partition coefficient (Wildman–Crippen LogP) is 3.96. The van der Waals surface area contributed by atoms with Crippen LogP contribution in [0.1, 0.15) is 5.56 Å². The zero-order chi connectivity index (χ0) is 11.9. The molecule has 0 amide bonds. The van der Waals surface area contributed by atoms with Gasteiger partial charge in [0.25, 0.3) is 0 Å². The fourth-order valence-electron chi connectivity index (χ4n) is 1.27. The Morgan fingerprint density at radius 2 is 1.50 bits per heavy atom. The monoisotopic (exact) mass is 266 g/mol. The SMILES string of the molecule is FC(F)(F)c1ccc2c(Cl)nnc(Cl)c2c1. The third kappa shape index (κ3) is 1.92. The van der Waals surface area contributed by atoms with Gasteiger partial charge in [-0.2, -0.15) is 13.2 Å². The Hall–Kier alpha value is -1.07. The summed E-state index contributed by atoms with van der Waals surface area (Å²) in [5, 5.41) is 7.34. The number of hydrogen-bond donors (Lipinski definition) is 0. The molecule has 16 heavy (non-hydrogen) atoms. The van der Waals surface area contributed by atoms with Gasteiger partial charge in [-0.25, -0.2) is 0 Å². The average molecular weight is 267 g/mol. The summed E-state index contributed by atoms with van der Waals surface area (Å²) in [6.07, 6.45) is -4.42. The first-order valence-electron chi connectivity index (χ1n) is 4.08. The van der Waals surface area contributed by atoms with Crippen molar-refractivity contribution in [3.8, 4) is 0 Å². The lowest BCUT2D eigenvalue weighted by Crippen LogP contribution is -2.04. The van der Waals surface area contributed by atoms with E-state index in [1.54, 1.807) is 0 Å². The Morgan fingerprint density at radius 3 is 2.06 bits per heavy atom. The van der Waals surface area contributed by atoms with Crippen molar-refractivity contribution >= 4 is 34.0 Å². The van der Waals surface area contributed by atoms with Gasteiger partial charge in [0.05, 0.1) is 5.56 Å². The Balaban J connectivity index is 2.76. The highest BCUT2D eigenvalue weighted by atomic mass is 35.5. The highest BCUT2D eigenvalue weighted by Gasteiger charge is 2.30. The Kier molecular flexibility index (Phi) is 2.67. The van der Waals surface area contributed by atoms with E-state index in [-0.39, 0.29) is 15.7 Å². The summed E-state index contributed by atoms with van der Waals surface area (Å²) in [6.45, 7) is 0. The maximum absolute atomic E-state index is 12.4. The molecule has 0 N–H and O–H groups in total. The lowest BCUT2D eigenvalue weighted by molar-refractivity contribution is -0.137. The van der Waals surface area contributed by atoms with Crippen LogP contribution < -0.4 is 0 Å². The first-order chi connectivity index (χ1) is 7.39. The van der Waals surface area contributed by atoms with Gasteiger partial charge in [-0.05, 0) is 12.1 Å². The van der Waals surface area contributed by atoms with E-state index in [9.17, 15) is 13.2 Å². The number of fused-ring (bicyclic) bond motifs is 1. The molecule has 2 nitrogen and oxygen atoms in total. The molecule has 2 aromatic rings. The van der Waals surface area contributed by atoms with Crippen molar-refractivity contribution in [1.82, 2.24) is 10.2 Å². The summed E-state index contributed by atoms with van der Waals surface area (Å²) < 4.78 is 37.3. The van der Waals surface area contributed by atoms with Crippen LogP contribution in [0.3, 0.4) is 0 Å². The second-order valence-corrected chi connectivity index (χ2v) is 3.76. The Labute approximate surface area is 98.0 Å². The van der Waals surface area contributed by atoms with Crippen molar-refractivity contribution in [2.24, 2.45) is 0 Å². The molecule has 7 heteroatoms. The maximum Gasteiger partial charge on any atom is 0.416 e. The van der Waals surface area contributed by atoms with Crippen LogP contribution in [-0.4, -0.2) is 10.2 Å². The standard InChI is InChI=1S/C9H3Cl2F3N2/c10-7-5-2-1-4(9(12,13)14)3-6(5)8(11)16-15-7/h1-3H. The Morgan fingerprint density at radius 1 is 0.938 bits per heavy atom. The van der Waals surface area contributed by atoms with E-state index in [0.717, 1.165) is 12.1 Å². The minimum atomic E-state index is -4.42. The number of rotatable bonds is 0. The summed E-state index contributed by atoms with van der Waals surface area (Å²) in [4.78, 5) is 0.